The summed E-state index contributed by atoms with van der Waals surface area (Å²) in [5.41, 5.74) is 3.79. The molecule has 1 aliphatic rings. The lowest BCUT2D eigenvalue weighted by Crippen LogP contribution is -1.97. The summed E-state index contributed by atoms with van der Waals surface area (Å²) in [6, 6.07) is 6.50. The van der Waals surface area contributed by atoms with Gasteiger partial charge in [0, 0.05) is 23.7 Å². The third-order valence-corrected chi connectivity index (χ3v) is 4.54. The van der Waals surface area contributed by atoms with Gasteiger partial charge in [-0.25, -0.2) is 0 Å². The molecule has 0 saturated heterocycles. The highest BCUT2D eigenvalue weighted by Crippen LogP contribution is 2.31. The van der Waals surface area contributed by atoms with Crippen LogP contribution in [0.4, 0.5) is 5.69 Å². The number of benzene rings is 1. The zero-order valence-electron chi connectivity index (χ0n) is 11.4. The lowest BCUT2D eigenvalue weighted by Gasteiger charge is -2.01. The minimum absolute atomic E-state index is 0.323. The maximum absolute atomic E-state index is 4.68. The zero-order chi connectivity index (χ0) is 13.7. The number of hydrogen-bond acceptors (Lipinski definition) is 5. The number of rotatable bonds is 2. The van der Waals surface area contributed by atoms with Crippen LogP contribution in [-0.4, -0.2) is 26.4 Å². The number of anilines is 1. The second-order valence-electron chi connectivity index (χ2n) is 5.36. The summed E-state index contributed by atoms with van der Waals surface area (Å²) in [5.74, 6) is 1.24. The minimum atomic E-state index is 0.323. The predicted octanol–water partition coefficient (Wildman–Crippen LogP) is 2.94. The van der Waals surface area contributed by atoms with Gasteiger partial charge in [-0.2, -0.15) is 9.61 Å². The molecular weight excluding hydrogens is 270 g/mol. The van der Waals surface area contributed by atoms with Crippen molar-refractivity contribution in [2.24, 2.45) is 0 Å². The van der Waals surface area contributed by atoms with Gasteiger partial charge in [-0.3, -0.25) is 0 Å². The molecule has 1 N–H and O–H groups in total. The molecule has 0 radical (unpaired) electrons. The highest BCUT2D eigenvalue weighted by molar-refractivity contribution is 7.19. The van der Waals surface area contributed by atoms with Crippen molar-refractivity contribution in [3.63, 3.8) is 0 Å². The molecule has 5 nitrogen and oxygen atoms in total. The quantitative estimate of drug-likeness (QED) is 0.786. The van der Waals surface area contributed by atoms with Gasteiger partial charge in [0.1, 0.15) is 5.01 Å². The fourth-order valence-electron chi connectivity index (χ4n) is 2.55. The zero-order valence-corrected chi connectivity index (χ0v) is 12.2. The molecule has 0 amide bonds. The van der Waals surface area contributed by atoms with E-state index in [0.29, 0.717) is 5.92 Å². The van der Waals surface area contributed by atoms with E-state index in [1.807, 2.05) is 4.52 Å². The highest BCUT2D eigenvalue weighted by Gasteiger charge is 2.17. The summed E-state index contributed by atoms with van der Waals surface area (Å²) in [5, 5.41) is 17.5. The molecule has 1 aliphatic heterocycles. The van der Waals surface area contributed by atoms with Gasteiger partial charge >= 0.3 is 0 Å². The predicted molar refractivity (Wildman–Crippen MR) is 80.4 cm³/mol. The highest BCUT2D eigenvalue weighted by atomic mass is 32.1. The topological polar surface area (TPSA) is 55.1 Å². The Morgan fingerprint density at radius 2 is 2.20 bits per heavy atom. The summed E-state index contributed by atoms with van der Waals surface area (Å²) in [6.07, 6.45) is 1.09. The lowest BCUT2D eigenvalue weighted by atomic mass is 10.1. The van der Waals surface area contributed by atoms with Crippen LogP contribution in [0.25, 0.3) is 15.5 Å². The van der Waals surface area contributed by atoms with Crippen molar-refractivity contribution in [2.75, 3.05) is 11.9 Å². The molecule has 0 aliphatic carbocycles. The van der Waals surface area contributed by atoms with Gasteiger partial charge in [0.2, 0.25) is 4.96 Å². The van der Waals surface area contributed by atoms with Gasteiger partial charge in [-0.05, 0) is 30.2 Å². The normalized spacial score (nSPS) is 13.9. The van der Waals surface area contributed by atoms with E-state index < -0.39 is 0 Å². The Labute approximate surface area is 120 Å². The Bertz CT molecular complexity index is 786. The van der Waals surface area contributed by atoms with E-state index in [2.05, 4.69) is 52.7 Å². The van der Waals surface area contributed by atoms with Crippen LogP contribution >= 0.6 is 11.3 Å². The first-order valence-electron chi connectivity index (χ1n) is 6.81. The fraction of sp³-hybridized carbons (Fsp3) is 0.357. The van der Waals surface area contributed by atoms with E-state index in [4.69, 9.17) is 0 Å². The van der Waals surface area contributed by atoms with Crippen LogP contribution in [0.2, 0.25) is 0 Å². The van der Waals surface area contributed by atoms with E-state index in [1.165, 1.54) is 11.3 Å². The molecule has 0 saturated carbocycles. The van der Waals surface area contributed by atoms with Crippen molar-refractivity contribution in [1.29, 1.82) is 0 Å². The van der Waals surface area contributed by atoms with Crippen molar-refractivity contribution in [1.82, 2.24) is 19.8 Å². The first-order chi connectivity index (χ1) is 9.72. The van der Waals surface area contributed by atoms with Gasteiger partial charge in [0.05, 0.1) is 0 Å². The van der Waals surface area contributed by atoms with Crippen molar-refractivity contribution >= 4 is 22.0 Å². The average Bonchev–Trinajstić information content (AvgIpc) is 3.11. The standard InChI is InChI=1S/C14H15N5S/c1-8(2)12-16-17-14-19(12)18-13(20-14)10-3-4-11-9(7-10)5-6-15-11/h3-4,7-8,15H,5-6H2,1-2H3. The molecule has 0 fully saturated rings. The molecule has 4 rings (SSSR count). The van der Waals surface area contributed by atoms with Crippen LogP contribution in [0, 0.1) is 0 Å². The minimum Gasteiger partial charge on any atom is -0.384 e. The van der Waals surface area contributed by atoms with E-state index in [9.17, 15) is 0 Å². The SMILES string of the molecule is CC(C)c1nnc2sc(-c3ccc4c(c3)CCN4)nn12. The summed E-state index contributed by atoms with van der Waals surface area (Å²) in [7, 11) is 0. The van der Waals surface area contributed by atoms with E-state index in [0.717, 1.165) is 34.3 Å². The van der Waals surface area contributed by atoms with Crippen LogP contribution in [0.1, 0.15) is 31.2 Å². The van der Waals surface area contributed by atoms with Gasteiger partial charge in [0.15, 0.2) is 5.82 Å². The Morgan fingerprint density at radius 1 is 1.30 bits per heavy atom. The van der Waals surface area contributed by atoms with Crippen molar-refractivity contribution < 1.29 is 0 Å². The number of hydrogen-bond donors (Lipinski definition) is 1. The van der Waals surface area contributed by atoms with Crippen molar-refractivity contribution in [3.05, 3.63) is 29.6 Å². The van der Waals surface area contributed by atoms with Gasteiger partial charge in [-0.15, -0.1) is 10.2 Å². The molecule has 0 bridgehead atoms. The molecule has 3 aromatic rings. The van der Waals surface area contributed by atoms with E-state index in [1.54, 1.807) is 11.3 Å². The lowest BCUT2D eigenvalue weighted by molar-refractivity contribution is 0.727. The maximum Gasteiger partial charge on any atom is 0.234 e. The van der Waals surface area contributed by atoms with Gasteiger partial charge in [-0.1, -0.05) is 25.2 Å². The van der Waals surface area contributed by atoms with Crippen LogP contribution in [0.3, 0.4) is 0 Å². The molecular formula is C14H15N5S. The molecule has 20 heavy (non-hydrogen) atoms. The second kappa shape index (κ2) is 4.28. The average molecular weight is 285 g/mol. The number of nitrogens with one attached hydrogen (secondary N) is 1. The Morgan fingerprint density at radius 3 is 3.05 bits per heavy atom. The van der Waals surface area contributed by atoms with Gasteiger partial charge in [0.25, 0.3) is 0 Å². The molecule has 1 aromatic carbocycles. The van der Waals surface area contributed by atoms with Crippen molar-refractivity contribution in [3.8, 4) is 10.6 Å². The largest absolute Gasteiger partial charge is 0.384 e. The summed E-state index contributed by atoms with van der Waals surface area (Å²) in [6.45, 7) is 5.24. The molecule has 6 heteroatoms. The first kappa shape index (κ1) is 11.8. The summed E-state index contributed by atoms with van der Waals surface area (Å²) in [4.78, 5) is 0.863. The molecule has 0 atom stereocenters. The monoisotopic (exact) mass is 285 g/mol. The Balaban J connectivity index is 1.82. The number of fused-ring (bicyclic) bond motifs is 2. The summed E-state index contributed by atoms with van der Waals surface area (Å²) >= 11 is 1.59. The Kier molecular flexibility index (Phi) is 2.53. The third kappa shape index (κ3) is 1.71. The van der Waals surface area contributed by atoms with Crippen molar-refractivity contribution in [2.45, 2.75) is 26.2 Å². The van der Waals surface area contributed by atoms with Crippen LogP contribution in [0.15, 0.2) is 18.2 Å². The first-order valence-corrected chi connectivity index (χ1v) is 7.63. The van der Waals surface area contributed by atoms with Gasteiger partial charge < -0.3 is 5.32 Å². The molecule has 0 unspecified atom stereocenters. The third-order valence-electron chi connectivity index (χ3n) is 3.59. The second-order valence-corrected chi connectivity index (χ2v) is 6.32. The summed E-state index contributed by atoms with van der Waals surface area (Å²) < 4.78 is 1.87. The molecule has 3 heterocycles. The van der Waals surface area contributed by atoms with E-state index >= 15 is 0 Å². The van der Waals surface area contributed by atoms with Crippen LogP contribution < -0.4 is 5.32 Å². The molecule has 102 valence electrons. The van der Waals surface area contributed by atoms with E-state index in [-0.39, 0.29) is 0 Å². The maximum atomic E-state index is 4.68. The van der Waals surface area contributed by atoms with Crippen LogP contribution in [0.5, 0.6) is 0 Å². The fourth-order valence-corrected chi connectivity index (χ4v) is 3.39. The number of nitrogens with zero attached hydrogens (tertiary/aromatic N) is 4. The molecule has 0 spiro atoms. The Hall–Kier alpha value is -1.95. The molecule has 2 aromatic heterocycles. The smallest absolute Gasteiger partial charge is 0.234 e. The number of aromatic nitrogens is 4. The van der Waals surface area contributed by atoms with Crippen LogP contribution in [-0.2, 0) is 6.42 Å².